The molecule has 0 saturated carbocycles. The molecule has 1 aliphatic heterocycles. The summed E-state index contributed by atoms with van der Waals surface area (Å²) in [5.74, 6) is -0.0268. The minimum absolute atomic E-state index is 0.100. The maximum absolute atomic E-state index is 12.4. The largest absolute Gasteiger partial charge is 0.339 e. The van der Waals surface area contributed by atoms with Crippen LogP contribution in [0.15, 0.2) is 42.7 Å². The Labute approximate surface area is 141 Å². The molecule has 1 aromatic heterocycles. The van der Waals surface area contributed by atoms with Gasteiger partial charge in [0, 0.05) is 32.4 Å². The summed E-state index contributed by atoms with van der Waals surface area (Å²) in [6.45, 7) is 3.98. The minimum Gasteiger partial charge on any atom is -0.339 e. The number of aryl methyl sites for hydroxylation is 1. The first kappa shape index (κ1) is 16.1. The molecule has 2 heterocycles. The lowest BCUT2D eigenvalue weighted by atomic mass is 10.1. The van der Waals surface area contributed by atoms with Crippen molar-refractivity contribution in [3.05, 3.63) is 59.7 Å². The maximum Gasteiger partial charge on any atom is 0.274 e. The van der Waals surface area contributed by atoms with Crippen molar-refractivity contribution in [2.45, 2.75) is 13.3 Å². The maximum atomic E-state index is 12.4. The fourth-order valence-electron chi connectivity index (χ4n) is 2.71. The van der Waals surface area contributed by atoms with E-state index in [1.807, 2.05) is 42.2 Å². The highest BCUT2D eigenvalue weighted by atomic mass is 16.2. The quantitative estimate of drug-likeness (QED) is 0.854. The number of rotatable bonds is 3. The van der Waals surface area contributed by atoms with E-state index in [0.717, 1.165) is 11.3 Å². The summed E-state index contributed by atoms with van der Waals surface area (Å²) in [6, 6.07) is 9.71. The van der Waals surface area contributed by atoms with Gasteiger partial charge >= 0.3 is 0 Å². The number of hydrogen-bond acceptors (Lipinski definition) is 4. The summed E-state index contributed by atoms with van der Waals surface area (Å²) in [4.78, 5) is 36.5. The van der Waals surface area contributed by atoms with Crippen molar-refractivity contribution in [3.8, 4) is 0 Å². The topological polar surface area (TPSA) is 66.4 Å². The van der Waals surface area contributed by atoms with Crippen molar-refractivity contribution in [2.75, 3.05) is 26.2 Å². The number of nitrogens with zero attached hydrogens (tertiary/aromatic N) is 4. The predicted octanol–water partition coefficient (Wildman–Crippen LogP) is 1.31. The van der Waals surface area contributed by atoms with E-state index >= 15 is 0 Å². The van der Waals surface area contributed by atoms with Gasteiger partial charge < -0.3 is 9.80 Å². The molecule has 1 aliphatic rings. The number of benzene rings is 1. The van der Waals surface area contributed by atoms with E-state index in [1.54, 1.807) is 11.1 Å². The first-order valence-corrected chi connectivity index (χ1v) is 8.03. The van der Waals surface area contributed by atoms with Crippen molar-refractivity contribution in [1.82, 2.24) is 19.8 Å². The molecule has 6 nitrogen and oxygen atoms in total. The second-order valence-corrected chi connectivity index (χ2v) is 5.88. The van der Waals surface area contributed by atoms with Crippen LogP contribution in [0, 0.1) is 6.92 Å². The van der Waals surface area contributed by atoms with Gasteiger partial charge in [0.05, 0.1) is 18.3 Å². The molecule has 2 aromatic rings. The van der Waals surface area contributed by atoms with Gasteiger partial charge in [0.2, 0.25) is 5.91 Å². The molecule has 0 aliphatic carbocycles. The Kier molecular flexibility index (Phi) is 4.84. The van der Waals surface area contributed by atoms with Crippen LogP contribution >= 0.6 is 0 Å². The molecular formula is C18H20N4O2. The second kappa shape index (κ2) is 7.21. The van der Waals surface area contributed by atoms with Crippen molar-refractivity contribution < 1.29 is 9.59 Å². The zero-order valence-corrected chi connectivity index (χ0v) is 13.7. The lowest BCUT2D eigenvalue weighted by molar-refractivity contribution is -0.131. The zero-order valence-electron chi connectivity index (χ0n) is 13.7. The Hall–Kier alpha value is -2.76. The summed E-state index contributed by atoms with van der Waals surface area (Å²) in [5, 5.41) is 0. The van der Waals surface area contributed by atoms with E-state index in [2.05, 4.69) is 9.97 Å². The lowest BCUT2D eigenvalue weighted by Crippen LogP contribution is -2.51. The van der Waals surface area contributed by atoms with Crippen LogP contribution in [0.1, 0.15) is 21.7 Å². The number of aromatic nitrogens is 2. The Balaban J connectivity index is 1.54. The third-order valence-corrected chi connectivity index (χ3v) is 4.12. The van der Waals surface area contributed by atoms with E-state index in [-0.39, 0.29) is 11.8 Å². The third kappa shape index (κ3) is 3.76. The molecule has 1 fully saturated rings. The van der Waals surface area contributed by atoms with Gasteiger partial charge in [0.25, 0.3) is 5.91 Å². The molecule has 0 bridgehead atoms. The molecule has 2 amide bonds. The molecule has 3 rings (SSSR count). The van der Waals surface area contributed by atoms with Crippen LogP contribution in [-0.4, -0.2) is 57.8 Å². The number of amides is 2. The number of piperazine rings is 1. The third-order valence-electron chi connectivity index (χ3n) is 4.12. The van der Waals surface area contributed by atoms with E-state index in [4.69, 9.17) is 0 Å². The van der Waals surface area contributed by atoms with E-state index < -0.39 is 0 Å². The van der Waals surface area contributed by atoms with Crippen molar-refractivity contribution in [1.29, 1.82) is 0 Å². The molecule has 0 N–H and O–H groups in total. The van der Waals surface area contributed by atoms with E-state index in [1.165, 1.54) is 6.20 Å². The van der Waals surface area contributed by atoms with E-state index in [9.17, 15) is 9.59 Å². The SMILES string of the molecule is Cc1cnc(C(=O)N2CCN(C(=O)Cc3ccccc3)CC2)cn1. The van der Waals surface area contributed by atoms with Crippen LogP contribution in [-0.2, 0) is 11.2 Å². The van der Waals surface area contributed by atoms with Crippen LogP contribution in [0.5, 0.6) is 0 Å². The molecular weight excluding hydrogens is 304 g/mol. The van der Waals surface area contributed by atoms with Crippen molar-refractivity contribution in [3.63, 3.8) is 0 Å². The Bertz CT molecular complexity index is 708. The van der Waals surface area contributed by atoms with Crippen molar-refractivity contribution in [2.24, 2.45) is 0 Å². The Morgan fingerprint density at radius 2 is 1.62 bits per heavy atom. The van der Waals surface area contributed by atoms with Crippen LogP contribution in [0.2, 0.25) is 0 Å². The van der Waals surface area contributed by atoms with Gasteiger partial charge in [-0.2, -0.15) is 0 Å². The van der Waals surface area contributed by atoms with Crippen LogP contribution in [0.25, 0.3) is 0 Å². The molecule has 1 aromatic carbocycles. The molecule has 0 unspecified atom stereocenters. The van der Waals surface area contributed by atoms with Gasteiger partial charge in [-0.05, 0) is 12.5 Å². The van der Waals surface area contributed by atoms with Crippen LogP contribution < -0.4 is 0 Å². The molecule has 0 spiro atoms. The highest BCUT2D eigenvalue weighted by Gasteiger charge is 2.25. The predicted molar refractivity (Wildman–Crippen MR) is 89.4 cm³/mol. The van der Waals surface area contributed by atoms with Gasteiger partial charge in [-0.15, -0.1) is 0 Å². The summed E-state index contributed by atoms with van der Waals surface area (Å²) < 4.78 is 0. The van der Waals surface area contributed by atoms with Gasteiger partial charge in [-0.3, -0.25) is 14.6 Å². The molecule has 24 heavy (non-hydrogen) atoms. The Morgan fingerprint density at radius 1 is 0.958 bits per heavy atom. The normalized spacial score (nSPS) is 14.5. The standard InChI is InChI=1S/C18H20N4O2/c1-14-12-20-16(13-19-14)18(24)22-9-7-21(8-10-22)17(23)11-15-5-3-2-4-6-15/h2-6,12-13H,7-11H2,1H3. The molecule has 124 valence electrons. The minimum atomic E-state index is -0.127. The average Bonchev–Trinajstić information content (AvgIpc) is 2.63. The summed E-state index contributed by atoms with van der Waals surface area (Å²) in [6.07, 6.45) is 3.50. The number of hydrogen-bond donors (Lipinski definition) is 0. The van der Waals surface area contributed by atoms with Gasteiger partial charge in [0.15, 0.2) is 0 Å². The van der Waals surface area contributed by atoms with Gasteiger partial charge in [-0.1, -0.05) is 30.3 Å². The molecule has 0 atom stereocenters. The summed E-state index contributed by atoms with van der Waals surface area (Å²) >= 11 is 0. The zero-order chi connectivity index (χ0) is 16.9. The van der Waals surface area contributed by atoms with Crippen molar-refractivity contribution >= 4 is 11.8 Å². The monoisotopic (exact) mass is 324 g/mol. The first-order valence-electron chi connectivity index (χ1n) is 8.03. The fourth-order valence-corrected chi connectivity index (χ4v) is 2.71. The van der Waals surface area contributed by atoms with Gasteiger partial charge in [0.1, 0.15) is 5.69 Å². The van der Waals surface area contributed by atoms with E-state index in [0.29, 0.717) is 38.3 Å². The first-order chi connectivity index (χ1) is 11.6. The molecule has 0 radical (unpaired) electrons. The number of carbonyl (C=O) groups is 2. The average molecular weight is 324 g/mol. The summed E-state index contributed by atoms with van der Waals surface area (Å²) in [7, 11) is 0. The lowest BCUT2D eigenvalue weighted by Gasteiger charge is -2.34. The highest BCUT2D eigenvalue weighted by molar-refractivity contribution is 5.92. The molecule has 6 heteroatoms. The second-order valence-electron chi connectivity index (χ2n) is 5.88. The Morgan fingerprint density at radius 3 is 2.25 bits per heavy atom. The van der Waals surface area contributed by atoms with Gasteiger partial charge in [-0.25, -0.2) is 4.98 Å². The highest BCUT2D eigenvalue weighted by Crippen LogP contribution is 2.09. The van der Waals surface area contributed by atoms with Crippen LogP contribution in [0.3, 0.4) is 0 Å². The fraction of sp³-hybridized carbons (Fsp3) is 0.333. The number of carbonyl (C=O) groups excluding carboxylic acids is 2. The smallest absolute Gasteiger partial charge is 0.274 e. The molecule has 1 saturated heterocycles. The van der Waals surface area contributed by atoms with Crippen LogP contribution in [0.4, 0.5) is 0 Å². The summed E-state index contributed by atoms with van der Waals surface area (Å²) in [5.41, 5.74) is 2.14.